The maximum absolute atomic E-state index is 12.2. The molecular formula is C17H28N2O. The Bertz CT molecular complexity index is 414. The quantitative estimate of drug-likeness (QED) is 0.830. The molecule has 112 valence electrons. The van der Waals surface area contributed by atoms with Crippen molar-refractivity contribution < 1.29 is 4.79 Å². The molecule has 2 atom stereocenters. The van der Waals surface area contributed by atoms with E-state index in [-0.39, 0.29) is 11.9 Å². The second kappa shape index (κ2) is 8.05. The van der Waals surface area contributed by atoms with Crippen LogP contribution in [0.2, 0.25) is 0 Å². The summed E-state index contributed by atoms with van der Waals surface area (Å²) in [5.41, 5.74) is 7.96. The normalized spacial score (nSPS) is 13.8. The van der Waals surface area contributed by atoms with Gasteiger partial charge >= 0.3 is 0 Å². The first kappa shape index (κ1) is 16.7. The van der Waals surface area contributed by atoms with Gasteiger partial charge in [-0.25, -0.2) is 0 Å². The van der Waals surface area contributed by atoms with Gasteiger partial charge in [-0.15, -0.1) is 0 Å². The van der Waals surface area contributed by atoms with Crippen molar-refractivity contribution in [2.45, 2.75) is 46.1 Å². The fraction of sp³-hybridized carbons (Fsp3) is 0.588. The van der Waals surface area contributed by atoms with Gasteiger partial charge in [0.25, 0.3) is 0 Å². The van der Waals surface area contributed by atoms with Crippen molar-refractivity contribution in [1.82, 2.24) is 4.90 Å². The number of hydrogen-bond acceptors (Lipinski definition) is 2. The van der Waals surface area contributed by atoms with Gasteiger partial charge in [-0.05, 0) is 44.7 Å². The third-order valence-electron chi connectivity index (χ3n) is 4.04. The zero-order chi connectivity index (χ0) is 15.1. The Hall–Kier alpha value is -1.35. The first-order chi connectivity index (χ1) is 9.45. The van der Waals surface area contributed by atoms with Crippen molar-refractivity contribution in [3.05, 3.63) is 35.4 Å². The predicted octanol–water partition coefficient (Wildman–Crippen LogP) is 3.28. The van der Waals surface area contributed by atoms with Crippen LogP contribution in [0.1, 0.15) is 50.3 Å². The fourth-order valence-electron chi connectivity index (χ4n) is 2.26. The monoisotopic (exact) mass is 276 g/mol. The lowest BCUT2D eigenvalue weighted by Gasteiger charge is -2.26. The summed E-state index contributed by atoms with van der Waals surface area (Å²) in [6.07, 6.45) is 2.51. The molecule has 0 fully saturated rings. The van der Waals surface area contributed by atoms with Gasteiger partial charge in [-0.1, -0.05) is 36.8 Å². The number of carbonyl (C=O) groups excluding carboxylic acids is 1. The smallest absolute Gasteiger partial charge is 0.222 e. The van der Waals surface area contributed by atoms with E-state index in [1.165, 1.54) is 11.1 Å². The van der Waals surface area contributed by atoms with Crippen LogP contribution in [0, 0.1) is 12.8 Å². The van der Waals surface area contributed by atoms with Gasteiger partial charge in [0.1, 0.15) is 0 Å². The summed E-state index contributed by atoms with van der Waals surface area (Å²) in [5.74, 6) is 0.731. The lowest BCUT2D eigenvalue weighted by molar-refractivity contribution is -0.132. The van der Waals surface area contributed by atoms with Gasteiger partial charge in [0.05, 0.1) is 6.04 Å². The minimum atomic E-state index is 0.118. The third kappa shape index (κ3) is 4.97. The molecule has 0 spiro atoms. The highest BCUT2D eigenvalue weighted by atomic mass is 16.2. The topological polar surface area (TPSA) is 46.3 Å². The fourth-order valence-corrected chi connectivity index (χ4v) is 2.26. The second-order valence-electron chi connectivity index (χ2n) is 5.81. The zero-order valence-electron chi connectivity index (χ0n) is 13.2. The van der Waals surface area contributed by atoms with Crippen LogP contribution in [0.3, 0.4) is 0 Å². The Kier molecular flexibility index (Phi) is 6.73. The van der Waals surface area contributed by atoms with E-state index in [1.807, 2.05) is 11.9 Å². The van der Waals surface area contributed by atoms with Crippen molar-refractivity contribution in [3.63, 3.8) is 0 Å². The van der Waals surface area contributed by atoms with Crippen molar-refractivity contribution in [1.29, 1.82) is 0 Å². The SMILES string of the molecule is Cc1ccc(C(C)N(C)C(=O)CCC(C)CCN)cc1. The molecule has 0 aliphatic heterocycles. The molecule has 0 radical (unpaired) electrons. The van der Waals surface area contributed by atoms with Gasteiger partial charge in [0.2, 0.25) is 5.91 Å². The van der Waals surface area contributed by atoms with Gasteiger partial charge in [0.15, 0.2) is 0 Å². The van der Waals surface area contributed by atoms with E-state index in [0.29, 0.717) is 18.9 Å². The summed E-state index contributed by atoms with van der Waals surface area (Å²) in [6.45, 7) is 7.00. The van der Waals surface area contributed by atoms with Crippen LogP contribution in [0.4, 0.5) is 0 Å². The molecule has 0 aliphatic carbocycles. The molecule has 0 heterocycles. The van der Waals surface area contributed by atoms with E-state index in [1.54, 1.807) is 0 Å². The van der Waals surface area contributed by atoms with E-state index >= 15 is 0 Å². The van der Waals surface area contributed by atoms with Crippen molar-refractivity contribution in [2.24, 2.45) is 11.7 Å². The highest BCUT2D eigenvalue weighted by molar-refractivity contribution is 5.76. The maximum Gasteiger partial charge on any atom is 0.222 e. The van der Waals surface area contributed by atoms with E-state index < -0.39 is 0 Å². The first-order valence-corrected chi connectivity index (χ1v) is 7.48. The van der Waals surface area contributed by atoms with Crippen LogP contribution in [0.5, 0.6) is 0 Å². The lowest BCUT2D eigenvalue weighted by atomic mass is 10.0. The molecule has 20 heavy (non-hydrogen) atoms. The molecule has 2 N–H and O–H groups in total. The van der Waals surface area contributed by atoms with E-state index in [0.717, 1.165) is 12.8 Å². The van der Waals surface area contributed by atoms with Gasteiger partial charge in [-0.3, -0.25) is 4.79 Å². The van der Waals surface area contributed by atoms with E-state index in [2.05, 4.69) is 45.0 Å². The Morgan fingerprint density at radius 3 is 2.35 bits per heavy atom. The number of rotatable bonds is 7. The number of hydrogen-bond donors (Lipinski definition) is 1. The molecule has 3 nitrogen and oxygen atoms in total. The van der Waals surface area contributed by atoms with Crippen LogP contribution in [0.25, 0.3) is 0 Å². The number of benzene rings is 1. The summed E-state index contributed by atoms with van der Waals surface area (Å²) >= 11 is 0. The Morgan fingerprint density at radius 2 is 1.80 bits per heavy atom. The molecule has 0 aliphatic rings. The largest absolute Gasteiger partial charge is 0.339 e. The summed E-state index contributed by atoms with van der Waals surface area (Å²) in [4.78, 5) is 14.1. The Morgan fingerprint density at radius 1 is 1.20 bits per heavy atom. The predicted molar refractivity (Wildman–Crippen MR) is 84.4 cm³/mol. The highest BCUT2D eigenvalue weighted by Crippen LogP contribution is 2.21. The van der Waals surface area contributed by atoms with E-state index in [9.17, 15) is 4.79 Å². The average Bonchev–Trinajstić information content (AvgIpc) is 2.44. The van der Waals surface area contributed by atoms with Crippen LogP contribution >= 0.6 is 0 Å². The summed E-state index contributed by atoms with van der Waals surface area (Å²) in [5, 5.41) is 0. The Labute approximate surface area is 123 Å². The van der Waals surface area contributed by atoms with Crippen molar-refractivity contribution >= 4 is 5.91 Å². The van der Waals surface area contributed by atoms with Crippen LogP contribution < -0.4 is 5.73 Å². The van der Waals surface area contributed by atoms with Crippen molar-refractivity contribution in [3.8, 4) is 0 Å². The Balaban J connectivity index is 2.53. The molecule has 1 aromatic rings. The molecule has 1 aromatic carbocycles. The number of nitrogens with zero attached hydrogens (tertiary/aromatic N) is 1. The van der Waals surface area contributed by atoms with Gasteiger partial charge < -0.3 is 10.6 Å². The average molecular weight is 276 g/mol. The molecule has 0 bridgehead atoms. The summed E-state index contributed by atoms with van der Waals surface area (Å²) < 4.78 is 0. The second-order valence-corrected chi connectivity index (χ2v) is 5.81. The third-order valence-corrected chi connectivity index (χ3v) is 4.04. The molecule has 0 saturated carbocycles. The molecule has 2 unspecified atom stereocenters. The number of aryl methyl sites for hydroxylation is 1. The highest BCUT2D eigenvalue weighted by Gasteiger charge is 2.17. The standard InChI is InChI=1S/C17H28N2O/c1-13-5-8-16(9-6-13)15(3)19(4)17(20)10-7-14(2)11-12-18/h5-6,8-9,14-15H,7,10-12,18H2,1-4H3. The minimum absolute atomic E-state index is 0.118. The minimum Gasteiger partial charge on any atom is -0.339 e. The summed E-state index contributed by atoms with van der Waals surface area (Å²) in [6, 6.07) is 8.50. The van der Waals surface area contributed by atoms with Gasteiger partial charge in [0, 0.05) is 13.5 Å². The first-order valence-electron chi connectivity index (χ1n) is 7.48. The zero-order valence-corrected chi connectivity index (χ0v) is 13.2. The molecule has 3 heteroatoms. The van der Waals surface area contributed by atoms with Gasteiger partial charge in [-0.2, -0.15) is 0 Å². The van der Waals surface area contributed by atoms with Crippen LogP contribution in [-0.2, 0) is 4.79 Å². The van der Waals surface area contributed by atoms with Crippen molar-refractivity contribution in [2.75, 3.05) is 13.6 Å². The maximum atomic E-state index is 12.2. The summed E-state index contributed by atoms with van der Waals surface area (Å²) in [7, 11) is 1.89. The molecule has 1 amide bonds. The number of nitrogens with two attached hydrogens (primary N) is 1. The lowest BCUT2D eigenvalue weighted by Crippen LogP contribution is -2.29. The van der Waals surface area contributed by atoms with Crippen LogP contribution in [0.15, 0.2) is 24.3 Å². The molecule has 1 rings (SSSR count). The van der Waals surface area contributed by atoms with E-state index in [4.69, 9.17) is 5.73 Å². The molecular weight excluding hydrogens is 248 g/mol. The van der Waals surface area contributed by atoms with Crippen LogP contribution in [-0.4, -0.2) is 24.4 Å². The molecule has 0 aromatic heterocycles. The molecule has 0 saturated heterocycles. The number of carbonyl (C=O) groups is 1. The number of amides is 1.